The molecule has 5 heteroatoms. The zero-order chi connectivity index (χ0) is 14.5. The Morgan fingerprint density at radius 1 is 1.35 bits per heavy atom. The first-order valence-corrected chi connectivity index (χ1v) is 6.73. The Kier molecular flexibility index (Phi) is 4.50. The summed E-state index contributed by atoms with van der Waals surface area (Å²) in [7, 11) is 1.84. The molecule has 0 N–H and O–H groups in total. The first-order valence-electron chi connectivity index (χ1n) is 6.73. The third-order valence-corrected chi connectivity index (χ3v) is 3.57. The summed E-state index contributed by atoms with van der Waals surface area (Å²) in [6, 6.07) is 5.69. The first kappa shape index (κ1) is 14.2. The molecular weight excluding hydrogens is 252 g/mol. The van der Waals surface area contributed by atoms with Crippen molar-refractivity contribution in [1.82, 2.24) is 19.4 Å². The fourth-order valence-corrected chi connectivity index (χ4v) is 2.10. The van der Waals surface area contributed by atoms with Crippen LogP contribution >= 0.6 is 0 Å². The van der Waals surface area contributed by atoms with E-state index in [0.29, 0.717) is 0 Å². The van der Waals surface area contributed by atoms with Crippen molar-refractivity contribution in [3.8, 4) is 0 Å². The monoisotopic (exact) mass is 272 g/mol. The van der Waals surface area contributed by atoms with E-state index in [1.54, 1.807) is 29.8 Å². The zero-order valence-electron chi connectivity index (χ0n) is 12.1. The van der Waals surface area contributed by atoms with Crippen molar-refractivity contribution >= 4 is 5.91 Å². The van der Waals surface area contributed by atoms with Gasteiger partial charge in [0.2, 0.25) is 5.91 Å². The van der Waals surface area contributed by atoms with Crippen LogP contribution in [-0.4, -0.2) is 38.4 Å². The number of hydrogen-bond donors (Lipinski definition) is 0. The van der Waals surface area contributed by atoms with Gasteiger partial charge in [-0.3, -0.25) is 9.78 Å². The molecule has 0 saturated carbocycles. The fraction of sp³-hybridized carbons (Fsp3) is 0.400. The predicted molar refractivity (Wildman–Crippen MR) is 77.1 cm³/mol. The third-order valence-electron chi connectivity index (χ3n) is 3.57. The molecule has 0 aliphatic rings. The molecule has 0 radical (unpaired) electrons. The maximum atomic E-state index is 12.4. The van der Waals surface area contributed by atoms with E-state index in [1.807, 2.05) is 43.7 Å². The largest absolute Gasteiger partial charge is 0.341 e. The highest BCUT2D eigenvalue weighted by atomic mass is 16.2. The van der Waals surface area contributed by atoms with Crippen LogP contribution in [0.1, 0.15) is 25.6 Å². The van der Waals surface area contributed by atoms with Crippen LogP contribution in [-0.2, 0) is 11.2 Å². The number of imidazole rings is 1. The van der Waals surface area contributed by atoms with Crippen LogP contribution in [0.25, 0.3) is 0 Å². The average molecular weight is 272 g/mol. The van der Waals surface area contributed by atoms with Gasteiger partial charge in [-0.05, 0) is 26.0 Å². The number of pyridine rings is 1. The van der Waals surface area contributed by atoms with Crippen LogP contribution in [0.2, 0.25) is 0 Å². The summed E-state index contributed by atoms with van der Waals surface area (Å²) >= 11 is 0. The number of hydrogen-bond acceptors (Lipinski definition) is 3. The van der Waals surface area contributed by atoms with Gasteiger partial charge >= 0.3 is 0 Å². The number of carbonyl (C=O) groups excluding carboxylic acids is 1. The van der Waals surface area contributed by atoms with Crippen molar-refractivity contribution in [2.45, 2.75) is 32.4 Å². The second-order valence-corrected chi connectivity index (χ2v) is 5.01. The van der Waals surface area contributed by atoms with E-state index >= 15 is 0 Å². The topological polar surface area (TPSA) is 51.0 Å². The summed E-state index contributed by atoms with van der Waals surface area (Å²) in [6.45, 7) is 3.92. The second-order valence-electron chi connectivity index (χ2n) is 5.01. The Morgan fingerprint density at radius 3 is 2.75 bits per heavy atom. The molecule has 0 fully saturated rings. The van der Waals surface area contributed by atoms with Crippen molar-refractivity contribution in [3.63, 3.8) is 0 Å². The summed E-state index contributed by atoms with van der Waals surface area (Å²) < 4.78 is 1.81. The Morgan fingerprint density at radius 2 is 2.15 bits per heavy atom. The molecule has 2 rings (SSSR count). The lowest BCUT2D eigenvalue weighted by Gasteiger charge is -2.28. The van der Waals surface area contributed by atoms with Crippen molar-refractivity contribution in [2.75, 3.05) is 7.05 Å². The molecule has 0 saturated heterocycles. The van der Waals surface area contributed by atoms with Gasteiger partial charge in [-0.15, -0.1) is 0 Å². The highest BCUT2D eigenvalue weighted by molar-refractivity contribution is 5.80. The molecule has 106 valence electrons. The minimum atomic E-state index is -0.242. The molecular formula is C15H20N4O. The quantitative estimate of drug-likeness (QED) is 0.835. The summed E-state index contributed by atoms with van der Waals surface area (Å²) in [6.07, 6.45) is 7.68. The van der Waals surface area contributed by atoms with Crippen molar-refractivity contribution in [2.24, 2.45) is 0 Å². The minimum Gasteiger partial charge on any atom is -0.341 e. The van der Waals surface area contributed by atoms with Gasteiger partial charge in [0.05, 0.1) is 6.33 Å². The molecule has 2 aromatic heterocycles. The zero-order valence-corrected chi connectivity index (χ0v) is 12.1. The highest BCUT2D eigenvalue weighted by Crippen LogP contribution is 2.12. The van der Waals surface area contributed by atoms with Crippen LogP contribution in [0.3, 0.4) is 0 Å². The molecule has 0 aliphatic carbocycles. The maximum absolute atomic E-state index is 12.4. The van der Waals surface area contributed by atoms with E-state index in [1.165, 1.54) is 0 Å². The molecule has 0 spiro atoms. The summed E-state index contributed by atoms with van der Waals surface area (Å²) in [5, 5.41) is 0. The van der Waals surface area contributed by atoms with Crippen LogP contribution < -0.4 is 0 Å². The number of aromatic nitrogens is 3. The van der Waals surface area contributed by atoms with Crippen LogP contribution in [0.4, 0.5) is 0 Å². The SMILES string of the molecule is C[C@H](Cc1ccccn1)N(C)C(=O)[C@H](C)n1ccnc1. The van der Waals surface area contributed by atoms with E-state index in [4.69, 9.17) is 0 Å². The number of likely N-dealkylation sites (N-methyl/N-ethyl adjacent to an activating group) is 1. The highest BCUT2D eigenvalue weighted by Gasteiger charge is 2.22. The standard InChI is InChI=1S/C15H20N4O/c1-12(10-14-6-4-5-7-17-14)18(3)15(20)13(2)19-9-8-16-11-19/h4-9,11-13H,10H2,1-3H3/t12-,13+/m1/s1. The Balaban J connectivity index is 1.99. The number of carbonyl (C=O) groups is 1. The van der Waals surface area contributed by atoms with Crippen LogP contribution in [0.5, 0.6) is 0 Å². The molecule has 2 heterocycles. The first-order chi connectivity index (χ1) is 9.59. The predicted octanol–water partition coefficient (Wildman–Crippen LogP) is 1.93. The molecule has 20 heavy (non-hydrogen) atoms. The van der Waals surface area contributed by atoms with E-state index < -0.39 is 0 Å². The van der Waals surface area contributed by atoms with Gasteiger partial charge in [-0.25, -0.2) is 4.98 Å². The maximum Gasteiger partial charge on any atom is 0.245 e. The molecule has 2 atom stereocenters. The molecule has 5 nitrogen and oxygen atoms in total. The Hall–Kier alpha value is -2.17. The van der Waals surface area contributed by atoms with Crippen LogP contribution in [0, 0.1) is 0 Å². The summed E-state index contributed by atoms with van der Waals surface area (Å²) in [4.78, 5) is 22.5. The third kappa shape index (κ3) is 3.23. The average Bonchev–Trinajstić information content (AvgIpc) is 3.00. The summed E-state index contributed by atoms with van der Waals surface area (Å²) in [5.74, 6) is 0.0754. The normalized spacial score (nSPS) is 13.8. The molecule has 0 unspecified atom stereocenters. The Labute approximate surface area is 119 Å². The molecule has 0 aliphatic heterocycles. The van der Waals surface area contributed by atoms with Crippen molar-refractivity contribution in [3.05, 3.63) is 48.8 Å². The lowest BCUT2D eigenvalue weighted by Crippen LogP contribution is -2.40. The van der Waals surface area contributed by atoms with Crippen molar-refractivity contribution in [1.29, 1.82) is 0 Å². The smallest absolute Gasteiger partial charge is 0.245 e. The van der Waals surface area contributed by atoms with Gasteiger partial charge in [0, 0.05) is 43.8 Å². The number of nitrogens with zero attached hydrogens (tertiary/aromatic N) is 4. The van der Waals surface area contributed by atoms with Gasteiger partial charge in [0.15, 0.2) is 0 Å². The molecule has 0 bridgehead atoms. The van der Waals surface area contributed by atoms with Gasteiger partial charge in [-0.1, -0.05) is 6.07 Å². The van der Waals surface area contributed by atoms with Gasteiger partial charge in [0.25, 0.3) is 0 Å². The molecule has 0 aromatic carbocycles. The molecule has 2 aromatic rings. The molecule has 1 amide bonds. The van der Waals surface area contributed by atoms with E-state index in [-0.39, 0.29) is 18.0 Å². The minimum absolute atomic E-state index is 0.0754. The lowest BCUT2D eigenvalue weighted by atomic mass is 10.1. The number of rotatable bonds is 5. The van der Waals surface area contributed by atoms with E-state index in [2.05, 4.69) is 9.97 Å². The lowest BCUT2D eigenvalue weighted by molar-refractivity contribution is -0.134. The van der Waals surface area contributed by atoms with Gasteiger partial charge in [-0.2, -0.15) is 0 Å². The van der Waals surface area contributed by atoms with Crippen molar-refractivity contribution < 1.29 is 4.79 Å². The second kappa shape index (κ2) is 6.32. The van der Waals surface area contributed by atoms with Crippen LogP contribution in [0.15, 0.2) is 43.1 Å². The van der Waals surface area contributed by atoms with Gasteiger partial charge < -0.3 is 9.47 Å². The number of amides is 1. The van der Waals surface area contributed by atoms with Gasteiger partial charge in [0.1, 0.15) is 6.04 Å². The van der Waals surface area contributed by atoms with E-state index in [0.717, 1.165) is 12.1 Å². The Bertz CT molecular complexity index is 538. The fourth-order valence-electron chi connectivity index (χ4n) is 2.10. The summed E-state index contributed by atoms with van der Waals surface area (Å²) in [5.41, 5.74) is 0.995. The van der Waals surface area contributed by atoms with E-state index in [9.17, 15) is 4.79 Å².